The molecule has 0 bridgehead atoms. The van der Waals surface area contributed by atoms with Crippen LogP contribution in [0.25, 0.3) is 42.0 Å². The molecule has 5 aromatic rings. The maximum atomic E-state index is 14.6. The lowest BCUT2D eigenvalue weighted by Gasteiger charge is -2.40. The van der Waals surface area contributed by atoms with Crippen molar-refractivity contribution in [3.63, 3.8) is 0 Å². The van der Waals surface area contributed by atoms with Gasteiger partial charge in [0.2, 0.25) is 0 Å². The van der Waals surface area contributed by atoms with Gasteiger partial charge in [-0.25, -0.2) is 22.0 Å². The number of benzene rings is 3. The third-order valence-corrected chi connectivity index (χ3v) is 8.68. The maximum absolute atomic E-state index is 14.6. The van der Waals surface area contributed by atoms with Crippen LogP contribution in [0.3, 0.4) is 0 Å². The van der Waals surface area contributed by atoms with Gasteiger partial charge in [-0.1, -0.05) is 0 Å². The van der Waals surface area contributed by atoms with E-state index in [0.717, 1.165) is 40.2 Å². The summed E-state index contributed by atoms with van der Waals surface area (Å²) in [5.41, 5.74) is -0.669. The fourth-order valence-corrected chi connectivity index (χ4v) is 7.02. The monoisotopic (exact) mass is 578 g/mol. The minimum Gasteiger partial charge on any atom is -0.387 e. The molecule has 0 radical (unpaired) electrons. The maximum Gasteiger partial charge on any atom is 0.259 e. The Morgan fingerprint density at radius 2 is 1.43 bits per heavy atom. The Balaban J connectivity index is 1.74. The van der Waals surface area contributed by atoms with Gasteiger partial charge in [0.25, 0.3) is 11.8 Å². The number of alkyl halides is 1. The van der Waals surface area contributed by atoms with Gasteiger partial charge in [0.15, 0.2) is 29.5 Å². The molecule has 206 valence electrons. The fraction of sp³-hybridized carbons (Fsp3) is 0.231. The summed E-state index contributed by atoms with van der Waals surface area (Å²) in [6.07, 6.45) is -9.06. The summed E-state index contributed by atoms with van der Waals surface area (Å²) >= 11 is 0.865. The van der Waals surface area contributed by atoms with Crippen molar-refractivity contribution in [2.75, 3.05) is 6.67 Å². The molecule has 3 aromatic carbocycles. The molecule has 2 aromatic heterocycles. The first kappa shape index (κ1) is 25.3. The van der Waals surface area contributed by atoms with E-state index < -0.39 is 72.4 Å². The number of nitrogens with zero attached hydrogens (tertiary/aromatic N) is 1. The lowest BCUT2D eigenvalue weighted by Crippen LogP contribution is -2.56. The molecule has 1 unspecified atom stereocenters. The van der Waals surface area contributed by atoms with E-state index in [1.807, 2.05) is 0 Å². The molecule has 8 nitrogen and oxygen atoms in total. The Morgan fingerprint density at radius 3 is 2.10 bits per heavy atom. The van der Waals surface area contributed by atoms with Crippen molar-refractivity contribution in [2.45, 2.75) is 30.6 Å². The number of ether oxygens (including phenoxy) is 1. The predicted octanol–water partition coefficient (Wildman–Crippen LogP) is 3.55. The van der Waals surface area contributed by atoms with Gasteiger partial charge in [-0.05, 0) is 18.2 Å². The Labute approximate surface area is 222 Å². The Hall–Kier alpha value is -3.69. The van der Waals surface area contributed by atoms with Gasteiger partial charge in [-0.2, -0.15) is 0 Å². The summed E-state index contributed by atoms with van der Waals surface area (Å²) in [6, 6.07) is 3.25. The first-order valence-electron chi connectivity index (χ1n) is 11.8. The minimum atomic E-state index is -1.94. The van der Waals surface area contributed by atoms with Crippen LogP contribution in [0, 0.1) is 23.3 Å². The number of fused-ring (bicyclic) bond motifs is 10. The molecule has 40 heavy (non-hydrogen) atoms. The summed E-state index contributed by atoms with van der Waals surface area (Å²) in [5, 5.41) is 33.7. The third-order valence-electron chi connectivity index (χ3n) is 7.52. The van der Waals surface area contributed by atoms with Gasteiger partial charge in [0.1, 0.15) is 31.1 Å². The molecule has 7 rings (SSSR count). The number of aliphatic hydroxyl groups excluding tert-OH is 3. The van der Waals surface area contributed by atoms with E-state index in [1.165, 1.54) is 0 Å². The zero-order valence-corrected chi connectivity index (χ0v) is 20.5. The average Bonchev–Trinajstić information content (AvgIpc) is 3.52. The zero-order valence-electron chi connectivity index (χ0n) is 19.7. The molecule has 1 saturated heterocycles. The molecular weight excluding hydrogens is 563 g/mol. The summed E-state index contributed by atoms with van der Waals surface area (Å²) in [7, 11) is 0. The second-order valence-electron chi connectivity index (χ2n) is 9.67. The Kier molecular flexibility index (Phi) is 5.32. The molecule has 1 fully saturated rings. The van der Waals surface area contributed by atoms with Gasteiger partial charge >= 0.3 is 0 Å². The minimum absolute atomic E-state index is 0.0303. The van der Waals surface area contributed by atoms with Crippen molar-refractivity contribution < 1.29 is 51.6 Å². The van der Waals surface area contributed by atoms with E-state index in [9.17, 15) is 46.9 Å². The summed E-state index contributed by atoms with van der Waals surface area (Å²) in [6.45, 7) is -1.29. The number of hydrogen-bond acceptors (Lipinski definition) is 7. The van der Waals surface area contributed by atoms with Gasteiger partial charge in [-0.3, -0.25) is 14.9 Å². The van der Waals surface area contributed by atoms with Crippen LogP contribution >= 0.6 is 11.3 Å². The number of thiophene rings is 1. The van der Waals surface area contributed by atoms with E-state index in [4.69, 9.17) is 4.74 Å². The molecule has 5 atom stereocenters. The second-order valence-corrected chi connectivity index (χ2v) is 10.7. The predicted molar refractivity (Wildman–Crippen MR) is 132 cm³/mol. The smallest absolute Gasteiger partial charge is 0.259 e. The number of aliphatic hydroxyl groups is 3. The first-order chi connectivity index (χ1) is 19.0. The van der Waals surface area contributed by atoms with Crippen molar-refractivity contribution in [3.8, 4) is 0 Å². The highest BCUT2D eigenvalue weighted by Gasteiger charge is 2.46. The SMILES string of the molecule is O=C1NC(=O)c2c1c1c3cc(F)c(F)cc3sc1c1c2c2cc(F)c(F)cc2n1C1O[C@H](CF)[C@@H](O)[C@H](O)[C@H]1O. The van der Waals surface area contributed by atoms with Crippen LogP contribution < -0.4 is 5.32 Å². The van der Waals surface area contributed by atoms with Crippen molar-refractivity contribution in [1.29, 1.82) is 0 Å². The number of imide groups is 1. The average molecular weight is 578 g/mol. The molecule has 14 heteroatoms. The molecule has 0 saturated carbocycles. The molecule has 4 heterocycles. The van der Waals surface area contributed by atoms with Crippen LogP contribution in [0.15, 0.2) is 24.3 Å². The number of amides is 2. The molecule has 2 amide bonds. The van der Waals surface area contributed by atoms with Gasteiger partial charge in [0.05, 0.1) is 26.9 Å². The van der Waals surface area contributed by atoms with Crippen molar-refractivity contribution in [1.82, 2.24) is 9.88 Å². The Bertz CT molecular complexity index is 1970. The van der Waals surface area contributed by atoms with Crippen LogP contribution in [-0.4, -0.2) is 62.8 Å². The number of carbonyl (C=O) groups is 2. The van der Waals surface area contributed by atoms with E-state index in [1.54, 1.807) is 0 Å². The number of nitrogens with one attached hydrogen (secondary N) is 1. The Morgan fingerprint density at radius 1 is 0.825 bits per heavy atom. The summed E-state index contributed by atoms with van der Waals surface area (Å²) < 4.78 is 78.6. The van der Waals surface area contributed by atoms with Crippen LogP contribution in [0.1, 0.15) is 26.9 Å². The highest BCUT2D eigenvalue weighted by atomic mass is 32.1. The summed E-state index contributed by atoms with van der Waals surface area (Å²) in [4.78, 5) is 26.1. The molecule has 0 aliphatic carbocycles. The van der Waals surface area contributed by atoms with E-state index in [2.05, 4.69) is 5.32 Å². The topological polar surface area (TPSA) is 121 Å². The molecule has 0 spiro atoms. The van der Waals surface area contributed by atoms with Crippen LogP contribution in [-0.2, 0) is 4.74 Å². The van der Waals surface area contributed by atoms with Crippen molar-refractivity contribution >= 4 is 65.1 Å². The van der Waals surface area contributed by atoms with E-state index >= 15 is 0 Å². The standard InChI is InChI=1S/C26H15F5N2O6S/c27-5-13-20(34)21(35)22(36)26(39-13)33-12-3-10(30)8(28)1-6(12)15-17-18(25(38)32-24(17)37)16-7-2-9(29)11(31)4-14(7)40-23(16)19(15)33/h1-4,13,20-22,26,34-36H,5H2,(H,32,37,38)/t13-,20-,21+,22-,26?/m1/s1. The fourth-order valence-electron chi connectivity index (χ4n) is 5.76. The van der Waals surface area contributed by atoms with Crippen molar-refractivity contribution in [3.05, 3.63) is 58.7 Å². The quantitative estimate of drug-likeness (QED) is 0.188. The van der Waals surface area contributed by atoms with Crippen LogP contribution in [0.4, 0.5) is 22.0 Å². The normalized spacial score (nSPS) is 25.1. The van der Waals surface area contributed by atoms with Crippen molar-refractivity contribution in [2.24, 2.45) is 0 Å². The number of aromatic nitrogens is 1. The van der Waals surface area contributed by atoms with Gasteiger partial charge in [0, 0.05) is 32.3 Å². The highest BCUT2D eigenvalue weighted by Crippen LogP contribution is 2.49. The van der Waals surface area contributed by atoms with Gasteiger partial charge < -0.3 is 24.6 Å². The largest absolute Gasteiger partial charge is 0.387 e. The molecular formula is C26H15F5N2O6S. The first-order valence-corrected chi connectivity index (χ1v) is 12.7. The zero-order chi connectivity index (χ0) is 28.4. The molecule has 2 aliphatic heterocycles. The number of carbonyl (C=O) groups excluding carboxylic acids is 2. The molecule has 2 aliphatic rings. The number of hydrogen-bond donors (Lipinski definition) is 4. The third kappa shape index (κ3) is 3.13. The lowest BCUT2D eigenvalue weighted by molar-refractivity contribution is -0.245. The van der Waals surface area contributed by atoms with E-state index in [0.29, 0.717) is 0 Å². The van der Waals surface area contributed by atoms with Crippen LogP contribution in [0.2, 0.25) is 0 Å². The number of halogens is 5. The highest BCUT2D eigenvalue weighted by molar-refractivity contribution is 7.26. The van der Waals surface area contributed by atoms with Gasteiger partial charge in [-0.15, -0.1) is 11.3 Å². The second kappa shape index (κ2) is 8.41. The van der Waals surface area contributed by atoms with Crippen LogP contribution in [0.5, 0.6) is 0 Å². The molecule has 4 N–H and O–H groups in total. The number of rotatable bonds is 2. The lowest BCUT2D eigenvalue weighted by atomic mass is 9.96. The summed E-state index contributed by atoms with van der Waals surface area (Å²) in [5.74, 6) is -6.83. The van der Waals surface area contributed by atoms with E-state index in [-0.39, 0.29) is 53.1 Å².